The second-order valence-electron chi connectivity index (χ2n) is 16.8. The Morgan fingerprint density at radius 3 is 1.48 bits per heavy atom. The van der Waals surface area contributed by atoms with Crippen molar-refractivity contribution in [2.45, 2.75) is 57.8 Å². The molecule has 56 heavy (non-hydrogen) atoms. The number of thiophene rings is 2. The normalized spacial score (nSPS) is 15.4. The van der Waals surface area contributed by atoms with Crippen LogP contribution in [0.1, 0.15) is 79.8 Å². The summed E-state index contributed by atoms with van der Waals surface area (Å²) < 4.78 is 0. The summed E-state index contributed by atoms with van der Waals surface area (Å²) >= 11 is 3.45. The molecule has 3 aliphatic carbocycles. The topological polar surface area (TPSA) is 50.8 Å². The summed E-state index contributed by atoms with van der Waals surface area (Å²) in [7, 11) is 0. The van der Waals surface area contributed by atoms with Crippen LogP contribution < -0.4 is 4.90 Å². The highest BCUT2D eigenvalue weighted by atomic mass is 32.1. The Balaban J connectivity index is 1.11. The van der Waals surface area contributed by atoms with Crippen molar-refractivity contribution in [2.24, 2.45) is 0 Å². The third kappa shape index (κ3) is 4.85. The van der Waals surface area contributed by atoms with E-state index < -0.39 is 0 Å². The summed E-state index contributed by atoms with van der Waals surface area (Å²) in [5.74, 6) is 0. The minimum absolute atomic E-state index is 0.117. The molecule has 5 aromatic carbocycles. The second-order valence-corrected chi connectivity index (χ2v) is 19.0. The van der Waals surface area contributed by atoms with Crippen molar-refractivity contribution in [1.29, 1.82) is 10.5 Å². The van der Waals surface area contributed by atoms with Crippen molar-refractivity contribution in [3.63, 3.8) is 0 Å². The van der Waals surface area contributed by atoms with Gasteiger partial charge in [-0.3, -0.25) is 0 Å². The third-order valence-electron chi connectivity index (χ3n) is 12.6. The fourth-order valence-electron chi connectivity index (χ4n) is 9.61. The lowest BCUT2D eigenvalue weighted by atomic mass is 9.81. The molecule has 0 radical (unpaired) electrons. The number of fused-ring (bicyclic) bond motifs is 9. The quantitative estimate of drug-likeness (QED) is 0.164. The summed E-state index contributed by atoms with van der Waals surface area (Å²) in [6.07, 6.45) is 1.67. The van der Waals surface area contributed by atoms with Gasteiger partial charge in [-0.15, -0.1) is 22.7 Å². The first-order valence-corrected chi connectivity index (χ1v) is 20.8. The summed E-state index contributed by atoms with van der Waals surface area (Å²) in [5.41, 5.74) is 17.9. The van der Waals surface area contributed by atoms with Crippen molar-refractivity contribution in [3.8, 4) is 54.6 Å². The van der Waals surface area contributed by atoms with E-state index in [1.165, 1.54) is 71.0 Å². The first-order chi connectivity index (χ1) is 26.9. The Labute approximate surface area is 337 Å². The van der Waals surface area contributed by atoms with Gasteiger partial charge in [-0.05, 0) is 122 Å². The number of hydrogen-bond acceptors (Lipinski definition) is 5. The number of allylic oxidation sites excluding steroid dienone is 1. The molecule has 270 valence electrons. The molecule has 0 N–H and O–H groups in total. The number of hydrogen-bond donors (Lipinski definition) is 0. The van der Waals surface area contributed by atoms with Gasteiger partial charge in [0.25, 0.3) is 0 Å². The molecule has 0 spiro atoms. The standard InChI is InChI=1S/C51H39N3S2/c1-49(2)40-13-9-7-11-35(40)37-19-15-31(24-42(37)49)54(32-16-20-38-36-12-8-10-14-41(36)50(3,4)43(38)25-32)33-17-21-39-44(26-33)51(5,6)45-27-47(56-48(39)45)46-22-18-34(55-46)23-30(28-52)29-53/h7-27H,1-6H3. The Hall–Kier alpha value is -5.98. The lowest BCUT2D eigenvalue weighted by Crippen LogP contribution is -2.19. The van der Waals surface area contributed by atoms with Crippen LogP contribution in [0.5, 0.6) is 0 Å². The van der Waals surface area contributed by atoms with Crippen LogP contribution >= 0.6 is 22.7 Å². The van der Waals surface area contributed by atoms with Crippen molar-refractivity contribution < 1.29 is 0 Å². The van der Waals surface area contributed by atoms with E-state index in [9.17, 15) is 10.5 Å². The first kappa shape index (κ1) is 34.5. The summed E-state index contributed by atoms with van der Waals surface area (Å²) in [5, 5.41) is 18.5. The molecular weight excluding hydrogens is 719 g/mol. The molecule has 2 heterocycles. The van der Waals surface area contributed by atoms with Gasteiger partial charge in [-0.25, -0.2) is 0 Å². The minimum atomic E-state index is -0.209. The predicted octanol–water partition coefficient (Wildman–Crippen LogP) is 14.3. The van der Waals surface area contributed by atoms with E-state index in [1.807, 2.05) is 29.5 Å². The molecule has 5 heteroatoms. The summed E-state index contributed by atoms with van der Waals surface area (Å²) in [6.45, 7) is 14.1. The molecule has 0 aliphatic heterocycles. The van der Waals surface area contributed by atoms with Gasteiger partial charge in [0.1, 0.15) is 17.7 Å². The van der Waals surface area contributed by atoms with E-state index in [4.69, 9.17) is 0 Å². The first-order valence-electron chi connectivity index (χ1n) is 19.1. The maximum atomic E-state index is 9.27. The van der Waals surface area contributed by atoms with Crippen LogP contribution in [0, 0.1) is 22.7 Å². The molecule has 0 atom stereocenters. The maximum absolute atomic E-state index is 9.27. The largest absolute Gasteiger partial charge is 0.310 e. The molecule has 0 unspecified atom stereocenters. The fraction of sp³-hybridized carbons (Fsp3) is 0.176. The molecule has 3 nitrogen and oxygen atoms in total. The number of benzene rings is 5. The van der Waals surface area contributed by atoms with Gasteiger partial charge >= 0.3 is 0 Å². The SMILES string of the molecule is CC1(C)c2ccccc2-c2ccc(N(c3ccc4c(c3)C(C)(C)c3ccccc3-4)c3ccc4c(c3)C(C)(C)c3cc(-c5ccc(C=C(C#N)C#N)s5)sc3-4)cc21. The highest BCUT2D eigenvalue weighted by molar-refractivity contribution is 7.24. The van der Waals surface area contributed by atoms with Gasteiger partial charge < -0.3 is 4.90 Å². The Bertz CT molecular complexity index is 2810. The van der Waals surface area contributed by atoms with E-state index in [-0.39, 0.29) is 21.8 Å². The monoisotopic (exact) mass is 757 g/mol. The average Bonchev–Trinajstić information content (AvgIpc) is 3.99. The van der Waals surface area contributed by atoms with Crippen LogP contribution in [0.4, 0.5) is 17.1 Å². The third-order valence-corrected chi connectivity index (χ3v) is 15.0. The second kappa shape index (κ2) is 12.0. The van der Waals surface area contributed by atoms with E-state index in [2.05, 4.69) is 162 Å². The predicted molar refractivity (Wildman–Crippen MR) is 234 cm³/mol. The van der Waals surface area contributed by atoms with Gasteiger partial charge in [0, 0.05) is 52.8 Å². The fourth-order valence-corrected chi connectivity index (χ4v) is 12.0. The number of rotatable bonds is 5. The zero-order valence-electron chi connectivity index (χ0n) is 32.3. The molecule has 0 bridgehead atoms. The van der Waals surface area contributed by atoms with Gasteiger partial charge in [-0.2, -0.15) is 10.5 Å². The van der Waals surface area contributed by atoms with Crippen molar-refractivity contribution >= 4 is 45.8 Å². The van der Waals surface area contributed by atoms with Crippen LogP contribution in [0.2, 0.25) is 0 Å². The van der Waals surface area contributed by atoms with Gasteiger partial charge in [-0.1, -0.05) is 108 Å². The van der Waals surface area contributed by atoms with Crippen LogP contribution in [0.3, 0.4) is 0 Å². The number of anilines is 3. The van der Waals surface area contributed by atoms with E-state index >= 15 is 0 Å². The van der Waals surface area contributed by atoms with Crippen molar-refractivity contribution in [3.05, 3.63) is 165 Å². The number of nitrogens with zero attached hydrogens (tertiary/aromatic N) is 3. The molecular formula is C51H39N3S2. The van der Waals surface area contributed by atoms with E-state index in [0.29, 0.717) is 0 Å². The van der Waals surface area contributed by atoms with Crippen molar-refractivity contribution in [1.82, 2.24) is 0 Å². The molecule has 2 aromatic heterocycles. The molecule has 0 saturated carbocycles. The highest BCUT2D eigenvalue weighted by Gasteiger charge is 2.40. The van der Waals surface area contributed by atoms with Gasteiger partial charge in [0.15, 0.2) is 0 Å². The molecule has 10 rings (SSSR count). The van der Waals surface area contributed by atoms with E-state index in [1.54, 1.807) is 17.4 Å². The van der Waals surface area contributed by atoms with Crippen LogP contribution in [0.25, 0.3) is 48.5 Å². The zero-order chi connectivity index (χ0) is 38.7. The van der Waals surface area contributed by atoms with Crippen molar-refractivity contribution in [2.75, 3.05) is 4.90 Å². The molecule has 0 fully saturated rings. The lowest BCUT2D eigenvalue weighted by Gasteiger charge is -2.31. The number of nitriles is 2. The Morgan fingerprint density at radius 2 is 0.946 bits per heavy atom. The Morgan fingerprint density at radius 1 is 0.482 bits per heavy atom. The highest BCUT2D eigenvalue weighted by Crippen LogP contribution is 2.57. The maximum Gasteiger partial charge on any atom is 0.131 e. The zero-order valence-corrected chi connectivity index (χ0v) is 33.9. The van der Waals surface area contributed by atoms with E-state index in [0.717, 1.165) is 26.8 Å². The summed E-state index contributed by atoms with van der Waals surface area (Å²) in [6, 6.07) is 49.4. The van der Waals surface area contributed by atoms with Gasteiger partial charge in [0.2, 0.25) is 0 Å². The van der Waals surface area contributed by atoms with Crippen LogP contribution in [-0.4, -0.2) is 0 Å². The lowest BCUT2D eigenvalue weighted by molar-refractivity contribution is 0.659. The molecule has 7 aromatic rings. The Kier molecular flexibility index (Phi) is 7.40. The van der Waals surface area contributed by atoms with Crippen LogP contribution in [-0.2, 0) is 16.2 Å². The molecule has 3 aliphatic rings. The molecule has 0 saturated heterocycles. The molecule has 0 amide bonds. The average molecular weight is 758 g/mol. The summed E-state index contributed by atoms with van der Waals surface area (Å²) in [4.78, 5) is 7.06. The minimum Gasteiger partial charge on any atom is -0.310 e. The van der Waals surface area contributed by atoms with Crippen LogP contribution in [0.15, 0.2) is 127 Å². The smallest absolute Gasteiger partial charge is 0.131 e. The van der Waals surface area contributed by atoms with Gasteiger partial charge in [0.05, 0.1) is 0 Å².